The van der Waals surface area contributed by atoms with Crippen molar-refractivity contribution in [1.82, 2.24) is 9.80 Å². The molecular formula is C15H20N2O2S. The number of hydrogen-bond donors (Lipinski definition) is 0. The van der Waals surface area contributed by atoms with E-state index >= 15 is 0 Å². The summed E-state index contributed by atoms with van der Waals surface area (Å²) in [6, 6.07) is 7.53. The second kappa shape index (κ2) is 6.90. The Hall–Kier alpha value is -1.33. The van der Waals surface area contributed by atoms with Crippen molar-refractivity contribution in [3.05, 3.63) is 35.4 Å². The lowest BCUT2D eigenvalue weighted by molar-refractivity contribution is -0.128. The quantitative estimate of drug-likeness (QED) is 0.752. The Morgan fingerprint density at radius 1 is 1.45 bits per heavy atom. The first-order valence-electron chi connectivity index (χ1n) is 6.73. The second-order valence-electron chi connectivity index (χ2n) is 5.20. The van der Waals surface area contributed by atoms with E-state index in [0.29, 0.717) is 11.3 Å². The first-order chi connectivity index (χ1) is 9.61. The van der Waals surface area contributed by atoms with Crippen molar-refractivity contribution in [3.8, 4) is 0 Å². The summed E-state index contributed by atoms with van der Waals surface area (Å²) in [6.45, 7) is 1.73. The average Bonchev–Trinajstić information content (AvgIpc) is 2.80. The molecule has 1 aliphatic heterocycles. The van der Waals surface area contributed by atoms with Gasteiger partial charge in [-0.05, 0) is 38.7 Å². The van der Waals surface area contributed by atoms with E-state index in [1.165, 1.54) is 0 Å². The molecular weight excluding hydrogens is 272 g/mol. The summed E-state index contributed by atoms with van der Waals surface area (Å²) < 4.78 is 0. The van der Waals surface area contributed by atoms with E-state index in [1.807, 2.05) is 37.2 Å². The topological polar surface area (TPSA) is 40.6 Å². The number of hydrogen-bond acceptors (Lipinski definition) is 4. The lowest BCUT2D eigenvalue weighted by Crippen LogP contribution is -2.31. The zero-order chi connectivity index (χ0) is 14.5. The number of benzene rings is 1. The maximum atomic E-state index is 12.0. The van der Waals surface area contributed by atoms with E-state index in [4.69, 9.17) is 0 Å². The van der Waals surface area contributed by atoms with Crippen molar-refractivity contribution >= 4 is 24.0 Å². The summed E-state index contributed by atoms with van der Waals surface area (Å²) in [5.74, 6) is 0.716. The maximum Gasteiger partial charge on any atom is 0.233 e. The van der Waals surface area contributed by atoms with Gasteiger partial charge in [0.15, 0.2) is 0 Å². The molecule has 1 unspecified atom stereocenters. The summed E-state index contributed by atoms with van der Waals surface area (Å²) in [6.07, 6.45) is 1.81. The Morgan fingerprint density at radius 3 is 2.95 bits per heavy atom. The molecule has 1 aromatic carbocycles. The molecule has 0 aromatic heterocycles. The van der Waals surface area contributed by atoms with E-state index in [9.17, 15) is 9.59 Å². The van der Waals surface area contributed by atoms with Crippen LogP contribution < -0.4 is 0 Å². The van der Waals surface area contributed by atoms with Crippen molar-refractivity contribution in [2.24, 2.45) is 0 Å². The third kappa shape index (κ3) is 3.61. The Morgan fingerprint density at radius 2 is 2.25 bits per heavy atom. The monoisotopic (exact) mass is 292 g/mol. The molecule has 5 heteroatoms. The zero-order valence-corrected chi connectivity index (χ0v) is 12.7. The van der Waals surface area contributed by atoms with E-state index < -0.39 is 0 Å². The number of aldehydes is 1. The van der Waals surface area contributed by atoms with Gasteiger partial charge in [0.05, 0.1) is 5.75 Å². The van der Waals surface area contributed by atoms with Gasteiger partial charge < -0.3 is 9.80 Å². The highest BCUT2D eigenvalue weighted by atomic mass is 32.2. The lowest BCUT2D eigenvalue weighted by Gasteiger charge is -2.25. The average molecular weight is 292 g/mol. The van der Waals surface area contributed by atoms with Crippen LogP contribution in [-0.2, 0) is 4.79 Å². The second-order valence-corrected chi connectivity index (χ2v) is 6.26. The Balaban J connectivity index is 2.08. The smallest absolute Gasteiger partial charge is 0.233 e. The van der Waals surface area contributed by atoms with E-state index in [-0.39, 0.29) is 11.3 Å². The molecule has 1 saturated heterocycles. The summed E-state index contributed by atoms with van der Waals surface area (Å²) in [4.78, 5) is 26.9. The van der Waals surface area contributed by atoms with Crippen molar-refractivity contribution in [2.45, 2.75) is 11.8 Å². The van der Waals surface area contributed by atoms with Crippen LogP contribution >= 0.6 is 11.8 Å². The molecule has 0 bridgehead atoms. The van der Waals surface area contributed by atoms with Crippen LogP contribution in [0.2, 0.25) is 0 Å². The predicted molar refractivity (Wildman–Crippen MR) is 81.9 cm³/mol. The number of amides is 1. The molecule has 0 spiro atoms. The number of rotatable bonds is 6. The minimum Gasteiger partial charge on any atom is -0.326 e. The Labute approximate surface area is 124 Å². The first kappa shape index (κ1) is 15.1. The van der Waals surface area contributed by atoms with Crippen LogP contribution in [-0.4, -0.2) is 54.9 Å². The van der Waals surface area contributed by atoms with E-state index in [1.54, 1.807) is 17.8 Å². The van der Waals surface area contributed by atoms with Gasteiger partial charge in [0.2, 0.25) is 5.91 Å². The van der Waals surface area contributed by atoms with Gasteiger partial charge in [0.25, 0.3) is 0 Å². The lowest BCUT2D eigenvalue weighted by atomic mass is 10.1. The van der Waals surface area contributed by atoms with Crippen LogP contribution in [0.25, 0.3) is 0 Å². The fraction of sp³-hybridized carbons (Fsp3) is 0.467. The molecule has 1 fully saturated rings. The number of thioether (sulfide) groups is 1. The summed E-state index contributed by atoms with van der Waals surface area (Å²) in [5, 5.41) is 0.0459. The van der Waals surface area contributed by atoms with Crippen LogP contribution in [0, 0.1) is 0 Å². The largest absolute Gasteiger partial charge is 0.326 e. The molecule has 1 amide bonds. The molecule has 4 nitrogen and oxygen atoms in total. The minimum atomic E-state index is 0.0459. The van der Waals surface area contributed by atoms with Gasteiger partial charge in [-0.1, -0.05) is 18.2 Å². The molecule has 1 aromatic rings. The highest BCUT2D eigenvalue weighted by Gasteiger charge is 2.32. The molecule has 0 aliphatic carbocycles. The Bertz CT molecular complexity index is 491. The van der Waals surface area contributed by atoms with Gasteiger partial charge in [0.1, 0.15) is 11.7 Å². The van der Waals surface area contributed by atoms with Crippen molar-refractivity contribution < 1.29 is 9.59 Å². The van der Waals surface area contributed by atoms with Gasteiger partial charge >= 0.3 is 0 Å². The first-order valence-corrected chi connectivity index (χ1v) is 7.77. The van der Waals surface area contributed by atoms with Crippen LogP contribution in [0.15, 0.2) is 24.3 Å². The van der Waals surface area contributed by atoms with Gasteiger partial charge in [-0.15, -0.1) is 11.8 Å². The summed E-state index contributed by atoms with van der Waals surface area (Å²) in [5.41, 5.74) is 1.70. The van der Waals surface area contributed by atoms with Gasteiger partial charge in [0, 0.05) is 12.1 Å². The molecule has 1 heterocycles. The molecule has 1 aliphatic rings. The standard InChI is InChI=1S/C15H20N2O2S/c1-16(2)7-4-8-17-14(19)11-20-15(17)13-6-3-5-12(9-13)10-18/h3,5-6,9-10,15H,4,7-8,11H2,1-2H3. The molecule has 0 radical (unpaired) electrons. The minimum absolute atomic E-state index is 0.0459. The van der Waals surface area contributed by atoms with Gasteiger partial charge in [-0.3, -0.25) is 9.59 Å². The van der Waals surface area contributed by atoms with Gasteiger partial charge in [-0.25, -0.2) is 0 Å². The fourth-order valence-corrected chi connectivity index (χ4v) is 3.52. The normalized spacial score (nSPS) is 18.9. The highest BCUT2D eigenvalue weighted by molar-refractivity contribution is 8.00. The molecule has 0 N–H and O–H groups in total. The predicted octanol–water partition coefficient (Wildman–Crippen LogP) is 2.02. The molecule has 1 atom stereocenters. The number of carbonyl (C=O) groups is 2. The summed E-state index contributed by atoms with van der Waals surface area (Å²) >= 11 is 1.64. The van der Waals surface area contributed by atoms with Crippen LogP contribution in [0.3, 0.4) is 0 Å². The highest BCUT2D eigenvalue weighted by Crippen LogP contribution is 2.38. The fourth-order valence-electron chi connectivity index (χ4n) is 2.32. The van der Waals surface area contributed by atoms with Crippen LogP contribution in [0.4, 0.5) is 0 Å². The van der Waals surface area contributed by atoms with Crippen molar-refractivity contribution in [1.29, 1.82) is 0 Å². The van der Waals surface area contributed by atoms with Crippen molar-refractivity contribution in [3.63, 3.8) is 0 Å². The third-order valence-corrected chi connectivity index (χ3v) is 4.56. The third-order valence-electron chi connectivity index (χ3n) is 3.30. The summed E-state index contributed by atoms with van der Waals surface area (Å²) in [7, 11) is 4.07. The molecule has 108 valence electrons. The number of carbonyl (C=O) groups excluding carboxylic acids is 2. The maximum absolute atomic E-state index is 12.0. The SMILES string of the molecule is CN(C)CCCN1C(=O)CSC1c1cccc(C=O)c1. The van der Waals surface area contributed by atoms with Crippen LogP contribution in [0.1, 0.15) is 27.7 Å². The van der Waals surface area contributed by atoms with E-state index in [0.717, 1.165) is 31.4 Å². The molecule has 2 rings (SSSR count). The van der Waals surface area contributed by atoms with Gasteiger partial charge in [-0.2, -0.15) is 0 Å². The molecule has 20 heavy (non-hydrogen) atoms. The van der Waals surface area contributed by atoms with Crippen molar-refractivity contribution in [2.75, 3.05) is 32.9 Å². The zero-order valence-electron chi connectivity index (χ0n) is 11.9. The van der Waals surface area contributed by atoms with E-state index in [2.05, 4.69) is 4.90 Å². The Kier molecular flexibility index (Phi) is 5.20. The molecule has 0 saturated carbocycles. The number of nitrogens with zero attached hydrogens (tertiary/aromatic N) is 2. The van der Waals surface area contributed by atoms with Crippen LogP contribution in [0.5, 0.6) is 0 Å².